The summed E-state index contributed by atoms with van der Waals surface area (Å²) in [4.78, 5) is 12.2. The number of halogens is 1. The van der Waals surface area contributed by atoms with Crippen LogP contribution in [-0.2, 0) is 14.8 Å². The van der Waals surface area contributed by atoms with E-state index in [4.69, 9.17) is 11.6 Å². The molecule has 3 rings (SSSR count). The van der Waals surface area contributed by atoms with Crippen LogP contribution in [0.4, 0.5) is 5.69 Å². The lowest BCUT2D eigenvalue weighted by molar-refractivity contribution is -0.116. The molecular formula is C18H17ClN4O3S. The Morgan fingerprint density at radius 3 is 2.67 bits per heavy atom. The predicted molar refractivity (Wildman–Crippen MR) is 103 cm³/mol. The zero-order chi connectivity index (χ0) is 19.3. The summed E-state index contributed by atoms with van der Waals surface area (Å²) in [6, 6.07) is 14.9. The first-order chi connectivity index (χ1) is 12.9. The summed E-state index contributed by atoms with van der Waals surface area (Å²) in [5.41, 5.74) is 1.41. The Bertz CT molecular complexity index is 1040. The van der Waals surface area contributed by atoms with Crippen LogP contribution in [-0.4, -0.2) is 30.7 Å². The van der Waals surface area contributed by atoms with E-state index in [0.717, 1.165) is 5.69 Å². The average molecular weight is 405 g/mol. The van der Waals surface area contributed by atoms with Crippen molar-refractivity contribution in [2.24, 2.45) is 0 Å². The number of aromatic nitrogens is 2. The fourth-order valence-corrected chi connectivity index (χ4v) is 3.72. The lowest BCUT2D eigenvalue weighted by atomic mass is 10.2. The zero-order valence-corrected chi connectivity index (χ0v) is 15.7. The Kier molecular flexibility index (Phi) is 5.90. The first-order valence-corrected chi connectivity index (χ1v) is 9.95. The van der Waals surface area contributed by atoms with E-state index in [1.54, 1.807) is 53.5 Å². The van der Waals surface area contributed by atoms with Gasteiger partial charge in [-0.15, -0.1) is 0 Å². The van der Waals surface area contributed by atoms with Gasteiger partial charge in [0, 0.05) is 36.1 Å². The Labute approximate surface area is 162 Å². The molecule has 0 aliphatic rings. The largest absolute Gasteiger partial charge is 0.326 e. The number of hydrogen-bond donors (Lipinski definition) is 2. The molecule has 0 fully saturated rings. The molecule has 0 aliphatic heterocycles. The molecule has 0 radical (unpaired) electrons. The molecule has 140 valence electrons. The summed E-state index contributed by atoms with van der Waals surface area (Å²) in [6.45, 7) is -0.0282. The summed E-state index contributed by atoms with van der Waals surface area (Å²) < 4.78 is 28.4. The van der Waals surface area contributed by atoms with E-state index in [1.807, 2.05) is 6.07 Å². The van der Waals surface area contributed by atoms with Crippen LogP contribution in [0.15, 0.2) is 71.9 Å². The van der Waals surface area contributed by atoms with Crippen LogP contribution in [0.2, 0.25) is 5.02 Å². The van der Waals surface area contributed by atoms with Gasteiger partial charge in [-0.1, -0.05) is 23.7 Å². The van der Waals surface area contributed by atoms with Gasteiger partial charge in [-0.25, -0.2) is 17.8 Å². The molecule has 0 bridgehead atoms. The second kappa shape index (κ2) is 8.34. The smallest absolute Gasteiger partial charge is 0.240 e. The summed E-state index contributed by atoms with van der Waals surface area (Å²) >= 11 is 5.81. The van der Waals surface area contributed by atoms with Gasteiger partial charge in [0.2, 0.25) is 15.9 Å². The van der Waals surface area contributed by atoms with Crippen LogP contribution in [0.25, 0.3) is 5.69 Å². The summed E-state index contributed by atoms with van der Waals surface area (Å²) in [5, 5.41) is 7.21. The van der Waals surface area contributed by atoms with Gasteiger partial charge in [0.05, 0.1) is 10.6 Å². The van der Waals surface area contributed by atoms with Crippen molar-refractivity contribution >= 4 is 33.2 Å². The minimum atomic E-state index is -3.71. The number of nitrogens with zero attached hydrogens (tertiary/aromatic N) is 2. The molecule has 0 saturated heterocycles. The molecule has 2 aromatic carbocycles. The van der Waals surface area contributed by atoms with Gasteiger partial charge in [0.15, 0.2) is 0 Å². The molecule has 0 unspecified atom stereocenters. The molecule has 9 heteroatoms. The standard InChI is InChI=1S/C18H17ClN4O3S/c19-14-4-1-7-17(12-14)27(25,26)21-10-8-18(24)22-15-5-2-6-16(13-15)23-11-3-9-20-23/h1-7,9,11-13,21H,8,10H2,(H,22,24). The Hall–Kier alpha value is -2.68. The first kappa shape index (κ1) is 19.1. The summed E-state index contributed by atoms with van der Waals surface area (Å²) in [7, 11) is -3.71. The fourth-order valence-electron chi connectivity index (χ4n) is 2.39. The van der Waals surface area contributed by atoms with E-state index >= 15 is 0 Å². The number of sulfonamides is 1. The third kappa shape index (κ3) is 5.16. The number of benzene rings is 2. The van der Waals surface area contributed by atoms with Crippen molar-refractivity contribution in [3.05, 3.63) is 72.0 Å². The van der Waals surface area contributed by atoms with Crippen LogP contribution < -0.4 is 10.0 Å². The van der Waals surface area contributed by atoms with Crippen molar-refractivity contribution in [2.45, 2.75) is 11.3 Å². The number of amides is 1. The van der Waals surface area contributed by atoms with E-state index < -0.39 is 10.0 Å². The zero-order valence-electron chi connectivity index (χ0n) is 14.2. The van der Waals surface area contributed by atoms with Gasteiger partial charge in [-0.3, -0.25) is 4.79 Å². The lowest BCUT2D eigenvalue weighted by Gasteiger charge is -2.09. The highest BCUT2D eigenvalue weighted by Crippen LogP contribution is 2.16. The topological polar surface area (TPSA) is 93.1 Å². The Morgan fingerprint density at radius 1 is 1.11 bits per heavy atom. The van der Waals surface area contributed by atoms with Crippen LogP contribution in [0.5, 0.6) is 0 Å². The average Bonchev–Trinajstić information content (AvgIpc) is 3.16. The van der Waals surface area contributed by atoms with Gasteiger partial charge >= 0.3 is 0 Å². The second-order valence-corrected chi connectivity index (χ2v) is 7.86. The highest BCUT2D eigenvalue weighted by atomic mass is 35.5. The third-order valence-corrected chi connectivity index (χ3v) is 5.34. The molecule has 0 saturated carbocycles. The molecule has 3 aromatic rings. The number of hydrogen-bond acceptors (Lipinski definition) is 4. The monoisotopic (exact) mass is 404 g/mol. The molecule has 1 amide bonds. The second-order valence-electron chi connectivity index (χ2n) is 5.65. The number of nitrogens with one attached hydrogen (secondary N) is 2. The van der Waals surface area contributed by atoms with Crippen molar-refractivity contribution in [3.63, 3.8) is 0 Å². The SMILES string of the molecule is O=C(CCNS(=O)(=O)c1cccc(Cl)c1)Nc1cccc(-n2cccn2)c1. The van der Waals surface area contributed by atoms with E-state index in [2.05, 4.69) is 15.1 Å². The summed E-state index contributed by atoms with van der Waals surface area (Å²) in [6.07, 6.45) is 3.45. The van der Waals surface area contributed by atoms with Crippen molar-refractivity contribution in [3.8, 4) is 5.69 Å². The number of carbonyl (C=O) groups is 1. The molecule has 0 aliphatic carbocycles. The number of rotatable bonds is 7. The maximum absolute atomic E-state index is 12.2. The Morgan fingerprint density at radius 2 is 1.93 bits per heavy atom. The van der Waals surface area contributed by atoms with Gasteiger partial charge < -0.3 is 5.32 Å². The molecule has 1 aromatic heterocycles. The molecular weight excluding hydrogens is 388 g/mol. The molecule has 7 nitrogen and oxygen atoms in total. The Balaban J connectivity index is 1.55. The fraction of sp³-hybridized carbons (Fsp3) is 0.111. The third-order valence-electron chi connectivity index (χ3n) is 3.65. The van der Waals surface area contributed by atoms with Gasteiger partial charge in [-0.2, -0.15) is 5.10 Å². The van der Waals surface area contributed by atoms with Crippen molar-refractivity contribution in [1.29, 1.82) is 0 Å². The molecule has 2 N–H and O–H groups in total. The molecule has 1 heterocycles. The quantitative estimate of drug-likeness (QED) is 0.633. The number of anilines is 1. The van der Waals surface area contributed by atoms with Crippen molar-refractivity contribution < 1.29 is 13.2 Å². The maximum atomic E-state index is 12.2. The molecule has 27 heavy (non-hydrogen) atoms. The van der Waals surface area contributed by atoms with E-state index in [0.29, 0.717) is 10.7 Å². The van der Waals surface area contributed by atoms with Crippen LogP contribution >= 0.6 is 11.6 Å². The first-order valence-electron chi connectivity index (χ1n) is 8.09. The lowest BCUT2D eigenvalue weighted by Crippen LogP contribution is -2.27. The summed E-state index contributed by atoms with van der Waals surface area (Å²) in [5.74, 6) is -0.304. The highest BCUT2D eigenvalue weighted by Gasteiger charge is 2.14. The van der Waals surface area contributed by atoms with Gasteiger partial charge in [-0.05, 0) is 42.5 Å². The van der Waals surface area contributed by atoms with Crippen LogP contribution in [0, 0.1) is 0 Å². The molecule has 0 spiro atoms. The normalized spacial score (nSPS) is 11.3. The predicted octanol–water partition coefficient (Wildman–Crippen LogP) is 2.83. The maximum Gasteiger partial charge on any atom is 0.240 e. The number of carbonyl (C=O) groups excluding carboxylic acids is 1. The van der Waals surface area contributed by atoms with E-state index in [-0.39, 0.29) is 23.8 Å². The minimum Gasteiger partial charge on any atom is -0.326 e. The van der Waals surface area contributed by atoms with E-state index in [1.165, 1.54) is 12.1 Å². The van der Waals surface area contributed by atoms with Crippen LogP contribution in [0.1, 0.15) is 6.42 Å². The minimum absolute atomic E-state index is 0.00814. The van der Waals surface area contributed by atoms with E-state index in [9.17, 15) is 13.2 Å². The molecule has 0 atom stereocenters. The highest BCUT2D eigenvalue weighted by molar-refractivity contribution is 7.89. The van der Waals surface area contributed by atoms with Crippen LogP contribution in [0.3, 0.4) is 0 Å². The van der Waals surface area contributed by atoms with Gasteiger partial charge in [0.25, 0.3) is 0 Å². The van der Waals surface area contributed by atoms with Gasteiger partial charge in [0.1, 0.15) is 0 Å². The van der Waals surface area contributed by atoms with Crippen molar-refractivity contribution in [2.75, 3.05) is 11.9 Å². The van der Waals surface area contributed by atoms with Crippen molar-refractivity contribution in [1.82, 2.24) is 14.5 Å².